The van der Waals surface area contributed by atoms with Crippen LogP contribution < -0.4 is 10.6 Å². The van der Waals surface area contributed by atoms with E-state index in [1.165, 1.54) is 11.0 Å². The van der Waals surface area contributed by atoms with Gasteiger partial charge < -0.3 is 10.6 Å². The first kappa shape index (κ1) is 23.8. The van der Waals surface area contributed by atoms with E-state index in [0.29, 0.717) is 39.0 Å². The Kier molecular flexibility index (Phi) is 6.56. The lowest BCUT2D eigenvalue weighted by Crippen LogP contribution is -2.52. The lowest BCUT2D eigenvalue weighted by Gasteiger charge is -2.35. The highest BCUT2D eigenvalue weighted by Gasteiger charge is 2.52. The molecule has 4 rings (SSSR count). The summed E-state index contributed by atoms with van der Waals surface area (Å²) >= 11 is 5.61. The summed E-state index contributed by atoms with van der Waals surface area (Å²) in [6, 6.07) is 2.88. The van der Waals surface area contributed by atoms with Crippen LogP contribution in [0.15, 0.2) is 18.2 Å². The van der Waals surface area contributed by atoms with Crippen molar-refractivity contribution in [2.24, 2.45) is 0 Å². The zero-order chi connectivity index (χ0) is 23.8. The predicted octanol–water partition coefficient (Wildman–Crippen LogP) is 2.74. The van der Waals surface area contributed by atoms with Crippen LogP contribution in [0.4, 0.5) is 23.7 Å². The Morgan fingerprint density at radius 1 is 1.09 bits per heavy atom. The van der Waals surface area contributed by atoms with Crippen LogP contribution in [0, 0.1) is 0 Å². The van der Waals surface area contributed by atoms with Crippen LogP contribution in [-0.4, -0.2) is 77.5 Å². The summed E-state index contributed by atoms with van der Waals surface area (Å²) in [5, 5.41) is 4.91. The molecule has 12 heteroatoms. The van der Waals surface area contributed by atoms with Gasteiger partial charge in [-0.1, -0.05) is 24.4 Å². The second kappa shape index (κ2) is 9.11. The smallest absolute Gasteiger partial charge is 0.325 e. The van der Waals surface area contributed by atoms with Crippen molar-refractivity contribution in [2.45, 2.75) is 37.4 Å². The number of nitrogens with one attached hydrogen (secondary N) is 2. The third-order valence-corrected chi connectivity index (χ3v) is 6.76. The van der Waals surface area contributed by atoms with Gasteiger partial charge >= 0.3 is 12.2 Å². The standard InChI is InChI=1S/C21H25ClF3N5O3/c22-16-4-3-14(11-15(16)21(23,24)25)26-17(31)12-28-7-9-29(10-8-28)13-30-18(32)20(27-19(30)33)5-1-2-6-20/h3-4,11H,1-2,5-10,12-13H2,(H,26,31)(H,27,33). The van der Waals surface area contributed by atoms with Gasteiger partial charge in [0.2, 0.25) is 5.91 Å². The van der Waals surface area contributed by atoms with Crippen LogP contribution in [0.5, 0.6) is 0 Å². The minimum Gasteiger partial charge on any atom is -0.325 e. The number of anilines is 1. The second-order valence-corrected chi connectivity index (χ2v) is 9.14. The molecule has 1 aromatic carbocycles. The molecule has 8 nitrogen and oxygen atoms in total. The highest BCUT2D eigenvalue weighted by molar-refractivity contribution is 6.31. The summed E-state index contributed by atoms with van der Waals surface area (Å²) in [5.74, 6) is -0.593. The zero-order valence-electron chi connectivity index (χ0n) is 17.9. The molecule has 1 aliphatic carbocycles. The number of carbonyl (C=O) groups excluding carboxylic acids is 3. The van der Waals surface area contributed by atoms with Crippen LogP contribution in [0.3, 0.4) is 0 Å². The molecule has 2 N–H and O–H groups in total. The number of carbonyl (C=O) groups is 3. The Labute approximate surface area is 194 Å². The molecule has 0 radical (unpaired) electrons. The number of hydrogen-bond acceptors (Lipinski definition) is 5. The van der Waals surface area contributed by atoms with Gasteiger partial charge in [-0.15, -0.1) is 0 Å². The zero-order valence-corrected chi connectivity index (χ0v) is 18.6. The van der Waals surface area contributed by atoms with E-state index >= 15 is 0 Å². The van der Waals surface area contributed by atoms with Crippen molar-refractivity contribution in [2.75, 3.05) is 44.7 Å². The van der Waals surface area contributed by atoms with E-state index in [4.69, 9.17) is 11.6 Å². The fourth-order valence-corrected chi connectivity index (χ4v) is 4.86. The van der Waals surface area contributed by atoms with Gasteiger partial charge in [-0.05, 0) is 31.0 Å². The fourth-order valence-electron chi connectivity index (χ4n) is 4.63. The van der Waals surface area contributed by atoms with Gasteiger partial charge in [0.1, 0.15) is 5.54 Å². The first-order valence-corrected chi connectivity index (χ1v) is 11.2. The van der Waals surface area contributed by atoms with E-state index < -0.39 is 28.2 Å². The number of rotatable bonds is 5. The van der Waals surface area contributed by atoms with Gasteiger partial charge in [0.25, 0.3) is 5.91 Å². The van der Waals surface area contributed by atoms with Crippen molar-refractivity contribution < 1.29 is 27.6 Å². The first-order chi connectivity index (χ1) is 15.6. The predicted molar refractivity (Wildman–Crippen MR) is 115 cm³/mol. The molecule has 1 saturated carbocycles. The minimum atomic E-state index is -4.61. The SMILES string of the molecule is O=C(CN1CCN(CN2C(=O)NC3(CCCC3)C2=O)CC1)Nc1ccc(Cl)c(C(F)(F)F)c1. The number of amides is 4. The lowest BCUT2D eigenvalue weighted by molar-refractivity contribution is -0.137. The molecule has 0 bridgehead atoms. The van der Waals surface area contributed by atoms with E-state index in [1.54, 1.807) is 0 Å². The molecular formula is C21H25ClF3N5O3. The van der Waals surface area contributed by atoms with Gasteiger partial charge in [-0.25, -0.2) is 9.69 Å². The number of imide groups is 1. The van der Waals surface area contributed by atoms with Crippen molar-refractivity contribution in [3.05, 3.63) is 28.8 Å². The molecular weight excluding hydrogens is 463 g/mol. The van der Waals surface area contributed by atoms with E-state index in [9.17, 15) is 27.6 Å². The largest absolute Gasteiger partial charge is 0.417 e. The summed E-state index contributed by atoms with van der Waals surface area (Å²) in [4.78, 5) is 42.6. The molecule has 0 atom stereocenters. The monoisotopic (exact) mass is 487 g/mol. The van der Waals surface area contributed by atoms with Gasteiger partial charge in [0.15, 0.2) is 0 Å². The molecule has 2 saturated heterocycles. The molecule has 4 amide bonds. The number of urea groups is 1. The van der Waals surface area contributed by atoms with Gasteiger partial charge in [-0.3, -0.25) is 19.4 Å². The average Bonchev–Trinajstić information content (AvgIpc) is 3.30. The minimum absolute atomic E-state index is 0.0179. The topological polar surface area (TPSA) is 85.0 Å². The highest BCUT2D eigenvalue weighted by Crippen LogP contribution is 2.36. The Morgan fingerprint density at radius 2 is 1.73 bits per heavy atom. The van der Waals surface area contributed by atoms with Gasteiger partial charge in [0, 0.05) is 31.9 Å². The second-order valence-electron chi connectivity index (χ2n) is 8.73. The summed E-state index contributed by atoms with van der Waals surface area (Å²) in [6.07, 6.45) is -1.41. The fraction of sp³-hybridized carbons (Fsp3) is 0.571. The molecule has 0 aromatic heterocycles. The molecule has 2 aliphatic heterocycles. The number of piperazine rings is 1. The van der Waals surface area contributed by atoms with Crippen LogP contribution in [0.25, 0.3) is 0 Å². The van der Waals surface area contributed by atoms with Crippen molar-refractivity contribution in [3.8, 4) is 0 Å². The number of benzene rings is 1. The molecule has 2 heterocycles. The Bertz CT molecular complexity index is 944. The third kappa shape index (κ3) is 5.10. The summed E-state index contributed by atoms with van der Waals surface area (Å²) in [6.45, 7) is 2.38. The summed E-state index contributed by atoms with van der Waals surface area (Å²) in [5.41, 5.74) is -1.71. The van der Waals surface area contributed by atoms with E-state index in [2.05, 4.69) is 10.6 Å². The number of halogens is 4. The quantitative estimate of drug-likeness (QED) is 0.624. The molecule has 3 fully saturated rings. The van der Waals surface area contributed by atoms with Crippen molar-refractivity contribution >= 4 is 35.1 Å². The number of hydrogen-bond donors (Lipinski definition) is 2. The number of nitrogens with zero attached hydrogens (tertiary/aromatic N) is 3. The number of alkyl halides is 3. The first-order valence-electron chi connectivity index (χ1n) is 10.8. The van der Waals surface area contributed by atoms with Crippen LogP contribution >= 0.6 is 11.6 Å². The Morgan fingerprint density at radius 3 is 2.36 bits per heavy atom. The average molecular weight is 488 g/mol. The van der Waals surface area contributed by atoms with Crippen LogP contribution in [-0.2, 0) is 15.8 Å². The molecule has 0 unspecified atom stereocenters. The van der Waals surface area contributed by atoms with Crippen molar-refractivity contribution in [1.82, 2.24) is 20.0 Å². The van der Waals surface area contributed by atoms with Crippen molar-refractivity contribution in [3.63, 3.8) is 0 Å². The van der Waals surface area contributed by atoms with Crippen LogP contribution in [0.1, 0.15) is 31.2 Å². The molecule has 1 aromatic rings. The molecule has 33 heavy (non-hydrogen) atoms. The Balaban J connectivity index is 1.26. The molecule has 3 aliphatic rings. The normalized spacial score (nSPS) is 21.6. The lowest BCUT2D eigenvalue weighted by atomic mass is 9.98. The van der Waals surface area contributed by atoms with Gasteiger partial charge in [-0.2, -0.15) is 13.2 Å². The van der Waals surface area contributed by atoms with Crippen LogP contribution in [0.2, 0.25) is 5.02 Å². The molecule has 180 valence electrons. The Hall–Kier alpha value is -2.37. The van der Waals surface area contributed by atoms with Gasteiger partial charge in [0.05, 0.1) is 23.8 Å². The third-order valence-electron chi connectivity index (χ3n) is 6.43. The maximum Gasteiger partial charge on any atom is 0.417 e. The van der Waals surface area contributed by atoms with E-state index in [0.717, 1.165) is 25.0 Å². The maximum absolute atomic E-state index is 13.0. The molecule has 1 spiro atoms. The van der Waals surface area contributed by atoms with E-state index in [-0.39, 0.29) is 30.8 Å². The van der Waals surface area contributed by atoms with E-state index in [1.807, 2.05) is 9.80 Å². The summed E-state index contributed by atoms with van der Waals surface area (Å²) < 4.78 is 39.0. The van der Waals surface area contributed by atoms with Crippen molar-refractivity contribution in [1.29, 1.82) is 0 Å². The maximum atomic E-state index is 13.0. The summed E-state index contributed by atoms with van der Waals surface area (Å²) in [7, 11) is 0. The highest BCUT2D eigenvalue weighted by atomic mass is 35.5.